The highest BCUT2D eigenvalue weighted by molar-refractivity contribution is 6.09. The Bertz CT molecular complexity index is 609. The van der Waals surface area contributed by atoms with Gasteiger partial charge in [-0.05, 0) is 13.0 Å². The normalized spacial score (nSPS) is 11.6. The van der Waals surface area contributed by atoms with Crippen LogP contribution in [0.3, 0.4) is 0 Å². The smallest absolute Gasteiger partial charge is 0.347 e. The van der Waals surface area contributed by atoms with E-state index in [4.69, 9.17) is 0 Å². The van der Waals surface area contributed by atoms with Gasteiger partial charge in [-0.1, -0.05) is 29.8 Å². The van der Waals surface area contributed by atoms with Gasteiger partial charge in [0.15, 0.2) is 0 Å². The van der Waals surface area contributed by atoms with E-state index in [9.17, 15) is 18.0 Å². The van der Waals surface area contributed by atoms with Gasteiger partial charge >= 0.3 is 6.18 Å². The Morgan fingerprint density at radius 2 is 1.68 bits per heavy atom. The molecule has 0 bridgehead atoms. The number of hydrogen-bond donors (Lipinski definition) is 0. The second kappa shape index (κ2) is 4.57. The van der Waals surface area contributed by atoms with Crippen LogP contribution in [0.25, 0.3) is 0 Å². The average molecular weight is 267 g/mol. The van der Waals surface area contributed by atoms with Crippen molar-refractivity contribution in [3.63, 3.8) is 0 Å². The third-order valence-corrected chi connectivity index (χ3v) is 2.91. The van der Waals surface area contributed by atoms with Gasteiger partial charge in [0.05, 0.1) is 5.56 Å². The lowest BCUT2D eigenvalue weighted by atomic mass is 10.0. The molecule has 19 heavy (non-hydrogen) atoms. The van der Waals surface area contributed by atoms with Crippen molar-refractivity contribution in [3.8, 4) is 0 Å². The van der Waals surface area contributed by atoms with E-state index >= 15 is 0 Å². The molecule has 0 spiro atoms. The summed E-state index contributed by atoms with van der Waals surface area (Å²) in [4.78, 5) is 12.2. The minimum absolute atomic E-state index is 0.248. The van der Waals surface area contributed by atoms with Crippen LogP contribution in [0.4, 0.5) is 13.2 Å². The molecule has 1 aromatic carbocycles. The molecule has 100 valence electrons. The van der Waals surface area contributed by atoms with Gasteiger partial charge in [-0.2, -0.15) is 13.2 Å². The van der Waals surface area contributed by atoms with Crippen LogP contribution in [0.5, 0.6) is 0 Å². The summed E-state index contributed by atoms with van der Waals surface area (Å²) in [5.41, 5.74) is -0.0469. The Hall–Kier alpha value is -2.04. The minimum Gasteiger partial charge on any atom is -0.347 e. The standard InChI is InChI=1S/C14H12F3NO/c1-9-3-5-10(6-4-9)13(19)12-11(14(15,16)17)7-8-18(12)2/h3-8H,1-2H3. The molecular formula is C14H12F3NO. The highest BCUT2D eigenvalue weighted by atomic mass is 19.4. The topological polar surface area (TPSA) is 22.0 Å². The molecule has 0 fully saturated rings. The Balaban J connectivity index is 2.50. The number of halogens is 3. The predicted molar refractivity (Wildman–Crippen MR) is 65.0 cm³/mol. The highest BCUT2D eigenvalue weighted by Crippen LogP contribution is 2.33. The first-order valence-electron chi connectivity index (χ1n) is 5.64. The molecule has 0 aliphatic rings. The molecule has 0 aliphatic heterocycles. The molecule has 0 saturated carbocycles. The molecule has 2 nitrogen and oxygen atoms in total. The number of carbonyl (C=O) groups is 1. The van der Waals surface area contributed by atoms with Gasteiger partial charge in [-0.25, -0.2) is 0 Å². The first-order valence-corrected chi connectivity index (χ1v) is 5.64. The van der Waals surface area contributed by atoms with Gasteiger partial charge in [0.1, 0.15) is 5.69 Å². The van der Waals surface area contributed by atoms with Gasteiger partial charge in [-0.15, -0.1) is 0 Å². The maximum Gasteiger partial charge on any atom is 0.418 e. The van der Waals surface area contributed by atoms with E-state index in [1.807, 2.05) is 6.92 Å². The summed E-state index contributed by atoms with van der Waals surface area (Å²) in [6.07, 6.45) is -3.29. The van der Waals surface area contributed by atoms with Crippen molar-refractivity contribution < 1.29 is 18.0 Å². The second-order valence-corrected chi connectivity index (χ2v) is 4.38. The molecule has 2 rings (SSSR count). The lowest BCUT2D eigenvalue weighted by Gasteiger charge is -2.10. The van der Waals surface area contributed by atoms with Crippen molar-refractivity contribution in [1.82, 2.24) is 4.57 Å². The molecule has 0 radical (unpaired) electrons. The number of ketones is 1. The molecule has 0 amide bonds. The molecule has 0 atom stereocenters. The van der Waals surface area contributed by atoms with E-state index in [0.717, 1.165) is 11.6 Å². The molecule has 2 aromatic rings. The van der Waals surface area contributed by atoms with E-state index in [1.54, 1.807) is 12.1 Å². The molecule has 0 N–H and O–H groups in total. The summed E-state index contributed by atoms with van der Waals surface area (Å²) >= 11 is 0. The average Bonchev–Trinajstić information content (AvgIpc) is 2.71. The molecule has 0 unspecified atom stereocenters. The number of aromatic nitrogens is 1. The fraction of sp³-hybridized carbons (Fsp3) is 0.214. The lowest BCUT2D eigenvalue weighted by Crippen LogP contribution is -2.15. The lowest BCUT2D eigenvalue weighted by molar-refractivity contribution is -0.137. The third-order valence-electron chi connectivity index (χ3n) is 2.91. The zero-order chi connectivity index (χ0) is 14.2. The summed E-state index contributed by atoms with van der Waals surface area (Å²) in [6, 6.07) is 7.38. The van der Waals surface area contributed by atoms with Gasteiger partial charge in [-0.3, -0.25) is 4.79 Å². The maximum absolute atomic E-state index is 12.8. The van der Waals surface area contributed by atoms with E-state index in [0.29, 0.717) is 0 Å². The van der Waals surface area contributed by atoms with Crippen LogP contribution in [0.2, 0.25) is 0 Å². The van der Waals surface area contributed by atoms with Crippen LogP contribution in [0, 0.1) is 6.92 Å². The van der Waals surface area contributed by atoms with Crippen molar-refractivity contribution in [3.05, 3.63) is 58.9 Å². The van der Waals surface area contributed by atoms with Gasteiger partial charge in [0, 0.05) is 18.8 Å². The fourth-order valence-electron chi connectivity index (χ4n) is 1.88. The summed E-state index contributed by atoms with van der Waals surface area (Å²) < 4.78 is 39.7. The highest BCUT2D eigenvalue weighted by Gasteiger charge is 2.37. The number of hydrogen-bond acceptors (Lipinski definition) is 1. The van der Waals surface area contributed by atoms with Crippen molar-refractivity contribution in [2.24, 2.45) is 7.05 Å². The molecule has 1 heterocycles. The Labute approximate surface area is 108 Å². The molecule has 5 heteroatoms. The van der Waals surface area contributed by atoms with Crippen molar-refractivity contribution in [2.75, 3.05) is 0 Å². The molecule has 0 saturated heterocycles. The predicted octanol–water partition coefficient (Wildman–Crippen LogP) is 3.58. The number of benzene rings is 1. The van der Waals surface area contributed by atoms with Crippen LogP contribution >= 0.6 is 0 Å². The Kier molecular flexibility index (Phi) is 3.22. The van der Waals surface area contributed by atoms with E-state index < -0.39 is 17.5 Å². The summed E-state index contributed by atoms with van der Waals surface area (Å²) in [6.45, 7) is 1.85. The Morgan fingerprint density at radius 3 is 2.21 bits per heavy atom. The first-order chi connectivity index (χ1) is 8.80. The maximum atomic E-state index is 12.8. The number of nitrogens with zero attached hydrogens (tertiary/aromatic N) is 1. The zero-order valence-corrected chi connectivity index (χ0v) is 10.5. The van der Waals surface area contributed by atoms with Crippen LogP contribution in [0.15, 0.2) is 36.5 Å². The number of carbonyl (C=O) groups excluding carboxylic acids is 1. The minimum atomic E-state index is -4.53. The van der Waals surface area contributed by atoms with Gasteiger partial charge in [0.2, 0.25) is 5.78 Å². The van der Waals surface area contributed by atoms with E-state index in [2.05, 4.69) is 0 Å². The van der Waals surface area contributed by atoms with Crippen LogP contribution in [0.1, 0.15) is 27.2 Å². The van der Waals surface area contributed by atoms with Crippen LogP contribution < -0.4 is 0 Å². The first kappa shape index (κ1) is 13.4. The van der Waals surface area contributed by atoms with E-state index in [1.165, 1.54) is 29.9 Å². The molecule has 0 aliphatic carbocycles. The van der Waals surface area contributed by atoms with Gasteiger partial charge in [0.25, 0.3) is 0 Å². The molecule has 1 aromatic heterocycles. The van der Waals surface area contributed by atoms with Crippen molar-refractivity contribution in [2.45, 2.75) is 13.1 Å². The zero-order valence-electron chi connectivity index (χ0n) is 10.5. The Morgan fingerprint density at radius 1 is 1.11 bits per heavy atom. The van der Waals surface area contributed by atoms with E-state index in [-0.39, 0.29) is 11.3 Å². The summed E-state index contributed by atoms with van der Waals surface area (Å²) in [5.74, 6) is -0.625. The number of rotatable bonds is 2. The van der Waals surface area contributed by atoms with Gasteiger partial charge < -0.3 is 4.57 Å². The van der Waals surface area contributed by atoms with Crippen molar-refractivity contribution in [1.29, 1.82) is 0 Å². The third kappa shape index (κ3) is 2.54. The summed E-state index contributed by atoms with van der Waals surface area (Å²) in [5, 5.41) is 0. The van der Waals surface area contributed by atoms with Crippen LogP contribution in [-0.4, -0.2) is 10.4 Å². The second-order valence-electron chi connectivity index (χ2n) is 4.38. The quantitative estimate of drug-likeness (QED) is 0.762. The summed E-state index contributed by atoms with van der Waals surface area (Å²) in [7, 11) is 1.43. The number of alkyl halides is 3. The number of aryl methyl sites for hydroxylation is 2. The molecular weight excluding hydrogens is 255 g/mol. The van der Waals surface area contributed by atoms with Crippen molar-refractivity contribution >= 4 is 5.78 Å². The van der Waals surface area contributed by atoms with Crippen LogP contribution in [-0.2, 0) is 13.2 Å². The monoisotopic (exact) mass is 267 g/mol. The SMILES string of the molecule is Cc1ccc(C(=O)c2c(C(F)(F)F)ccn2C)cc1. The largest absolute Gasteiger partial charge is 0.418 e. The fourth-order valence-corrected chi connectivity index (χ4v) is 1.88.